The molecule has 0 atom stereocenters. The van der Waals surface area contributed by atoms with Crippen LogP contribution < -0.4 is 4.90 Å². The van der Waals surface area contributed by atoms with Crippen LogP contribution in [0.4, 0.5) is 11.4 Å². The summed E-state index contributed by atoms with van der Waals surface area (Å²) in [4.78, 5) is 23.8. The van der Waals surface area contributed by atoms with Gasteiger partial charge in [-0.25, -0.2) is 4.98 Å². The van der Waals surface area contributed by atoms with Crippen LogP contribution in [0.25, 0.3) is 0 Å². The van der Waals surface area contributed by atoms with Gasteiger partial charge in [0.05, 0.1) is 6.54 Å². The molecule has 3 aromatic rings. The standard InChI is InChI=1S/C27H35N5O2/c1-4-31(5-2)27(34)21-9-11-22(12-10-21)32(24-7-6-8-25(33)19-24)23-13-16-30(17-14-23)20-26-28-15-18-29(26)3/h6-12,15,18-19,23,33H,4-5,13-14,16-17,20H2,1-3H3. The van der Waals surface area contributed by atoms with E-state index < -0.39 is 0 Å². The van der Waals surface area contributed by atoms with Crippen molar-refractivity contribution in [1.29, 1.82) is 0 Å². The summed E-state index contributed by atoms with van der Waals surface area (Å²) in [7, 11) is 2.04. The molecule has 2 heterocycles. The van der Waals surface area contributed by atoms with E-state index in [9.17, 15) is 9.90 Å². The minimum absolute atomic E-state index is 0.0584. The molecule has 180 valence electrons. The van der Waals surface area contributed by atoms with E-state index in [2.05, 4.69) is 19.4 Å². The van der Waals surface area contributed by atoms with Crippen LogP contribution in [0.3, 0.4) is 0 Å². The molecule has 0 unspecified atom stereocenters. The first-order chi connectivity index (χ1) is 16.5. The lowest BCUT2D eigenvalue weighted by atomic mass is 10.0. The van der Waals surface area contributed by atoms with E-state index >= 15 is 0 Å². The zero-order chi connectivity index (χ0) is 24.1. The number of nitrogens with zero attached hydrogens (tertiary/aromatic N) is 5. The lowest BCUT2D eigenvalue weighted by Gasteiger charge is -2.40. The fourth-order valence-corrected chi connectivity index (χ4v) is 4.76. The maximum Gasteiger partial charge on any atom is 0.253 e. The van der Waals surface area contributed by atoms with Crippen molar-refractivity contribution in [3.05, 3.63) is 72.3 Å². The van der Waals surface area contributed by atoms with Crippen LogP contribution in [0.15, 0.2) is 60.9 Å². The first kappa shape index (κ1) is 23.8. The van der Waals surface area contributed by atoms with Gasteiger partial charge in [-0.1, -0.05) is 6.07 Å². The highest BCUT2D eigenvalue weighted by molar-refractivity contribution is 5.94. The van der Waals surface area contributed by atoms with Gasteiger partial charge in [0.25, 0.3) is 5.91 Å². The third-order valence-electron chi connectivity index (χ3n) is 6.76. The Kier molecular flexibility index (Phi) is 7.53. The summed E-state index contributed by atoms with van der Waals surface area (Å²) in [6.07, 6.45) is 5.83. The molecule has 0 spiro atoms. The van der Waals surface area contributed by atoms with Crippen molar-refractivity contribution in [1.82, 2.24) is 19.4 Å². The van der Waals surface area contributed by atoms with Gasteiger partial charge in [-0.2, -0.15) is 0 Å². The fraction of sp³-hybridized carbons (Fsp3) is 0.407. The highest BCUT2D eigenvalue weighted by Gasteiger charge is 2.27. The number of piperidine rings is 1. The molecule has 4 rings (SSSR count). The topological polar surface area (TPSA) is 64.8 Å². The van der Waals surface area contributed by atoms with Gasteiger partial charge < -0.3 is 19.5 Å². The Balaban J connectivity index is 1.54. The van der Waals surface area contributed by atoms with Crippen molar-refractivity contribution in [3.63, 3.8) is 0 Å². The summed E-state index contributed by atoms with van der Waals surface area (Å²) in [5, 5.41) is 10.2. The van der Waals surface area contributed by atoms with E-state index in [-0.39, 0.29) is 11.7 Å². The van der Waals surface area contributed by atoms with Crippen molar-refractivity contribution in [2.24, 2.45) is 7.05 Å². The Bertz CT molecular complexity index is 1080. The summed E-state index contributed by atoms with van der Waals surface area (Å²) in [5.41, 5.74) is 2.70. The molecule has 0 aliphatic carbocycles. The van der Waals surface area contributed by atoms with Gasteiger partial charge >= 0.3 is 0 Å². The minimum atomic E-state index is 0.0584. The molecule has 2 aromatic carbocycles. The number of benzene rings is 2. The second-order valence-corrected chi connectivity index (χ2v) is 8.88. The van der Waals surface area contributed by atoms with Gasteiger partial charge in [-0.3, -0.25) is 9.69 Å². The summed E-state index contributed by atoms with van der Waals surface area (Å²) in [5.74, 6) is 1.39. The number of hydrogen-bond acceptors (Lipinski definition) is 5. The van der Waals surface area contributed by atoms with Gasteiger partial charge in [-0.15, -0.1) is 0 Å². The Morgan fingerprint density at radius 2 is 1.76 bits per heavy atom. The molecule has 1 aliphatic heterocycles. The molecule has 7 heteroatoms. The quantitative estimate of drug-likeness (QED) is 0.538. The number of aryl methyl sites for hydroxylation is 1. The number of rotatable bonds is 8. The van der Waals surface area contributed by atoms with E-state index in [1.165, 1.54) is 0 Å². The number of aromatic nitrogens is 2. The van der Waals surface area contributed by atoms with Crippen LogP contribution in [0.2, 0.25) is 0 Å². The number of anilines is 2. The molecule has 1 fully saturated rings. The average molecular weight is 462 g/mol. The molecule has 34 heavy (non-hydrogen) atoms. The van der Waals surface area contributed by atoms with Crippen LogP contribution in [-0.4, -0.2) is 62.6 Å². The average Bonchev–Trinajstić information content (AvgIpc) is 3.26. The van der Waals surface area contributed by atoms with Gasteiger partial charge in [0.1, 0.15) is 11.6 Å². The first-order valence-corrected chi connectivity index (χ1v) is 12.2. The Morgan fingerprint density at radius 3 is 2.35 bits per heavy atom. The van der Waals surface area contributed by atoms with Crippen LogP contribution in [-0.2, 0) is 13.6 Å². The molecule has 1 amide bonds. The number of phenolic OH excluding ortho intramolecular Hbond substituents is 1. The van der Waals surface area contributed by atoms with E-state index in [1.54, 1.807) is 6.07 Å². The van der Waals surface area contributed by atoms with Crippen molar-refractivity contribution in [2.75, 3.05) is 31.1 Å². The third-order valence-corrected chi connectivity index (χ3v) is 6.76. The van der Waals surface area contributed by atoms with Crippen molar-refractivity contribution in [3.8, 4) is 5.75 Å². The van der Waals surface area contributed by atoms with E-state index in [0.717, 1.165) is 49.7 Å². The monoisotopic (exact) mass is 461 g/mol. The smallest absolute Gasteiger partial charge is 0.253 e. The Labute approximate surface area is 202 Å². The molecule has 1 aromatic heterocycles. The second kappa shape index (κ2) is 10.7. The summed E-state index contributed by atoms with van der Waals surface area (Å²) in [6, 6.07) is 15.6. The highest BCUT2D eigenvalue weighted by Crippen LogP contribution is 2.34. The molecule has 1 saturated heterocycles. The van der Waals surface area contributed by atoms with Crippen LogP contribution in [0.5, 0.6) is 5.75 Å². The summed E-state index contributed by atoms with van der Waals surface area (Å²) in [6.45, 7) is 8.20. The first-order valence-electron chi connectivity index (χ1n) is 12.2. The molecular formula is C27H35N5O2. The number of aromatic hydroxyl groups is 1. The van der Waals surface area contributed by atoms with E-state index in [4.69, 9.17) is 0 Å². The SMILES string of the molecule is CCN(CC)C(=O)c1ccc(N(c2cccc(O)c2)C2CCN(Cc3nccn3C)CC2)cc1. The number of likely N-dealkylation sites (tertiary alicyclic amines) is 1. The fourth-order valence-electron chi connectivity index (χ4n) is 4.76. The van der Waals surface area contributed by atoms with Gasteiger partial charge in [0, 0.05) is 74.7 Å². The van der Waals surface area contributed by atoms with E-state index in [1.807, 2.05) is 80.7 Å². The Morgan fingerprint density at radius 1 is 1.06 bits per heavy atom. The third kappa shape index (κ3) is 5.25. The summed E-state index contributed by atoms with van der Waals surface area (Å²) >= 11 is 0. The Hall–Kier alpha value is -3.32. The van der Waals surface area contributed by atoms with Crippen molar-refractivity contribution < 1.29 is 9.90 Å². The van der Waals surface area contributed by atoms with Gasteiger partial charge in [0.2, 0.25) is 0 Å². The minimum Gasteiger partial charge on any atom is -0.508 e. The summed E-state index contributed by atoms with van der Waals surface area (Å²) < 4.78 is 2.08. The number of carbonyl (C=O) groups is 1. The van der Waals surface area contributed by atoms with Crippen LogP contribution in [0, 0.1) is 0 Å². The number of carbonyl (C=O) groups excluding carboxylic acids is 1. The zero-order valence-electron chi connectivity index (χ0n) is 20.4. The number of amides is 1. The predicted molar refractivity (Wildman–Crippen MR) is 135 cm³/mol. The molecule has 0 saturated carbocycles. The van der Waals surface area contributed by atoms with Gasteiger partial charge in [-0.05, 0) is 63.1 Å². The maximum atomic E-state index is 12.8. The highest BCUT2D eigenvalue weighted by atomic mass is 16.3. The molecule has 7 nitrogen and oxygen atoms in total. The maximum absolute atomic E-state index is 12.8. The normalized spacial score (nSPS) is 14.8. The van der Waals surface area contributed by atoms with Crippen molar-refractivity contribution in [2.45, 2.75) is 39.3 Å². The largest absolute Gasteiger partial charge is 0.508 e. The van der Waals surface area contributed by atoms with E-state index in [0.29, 0.717) is 24.7 Å². The van der Waals surface area contributed by atoms with Crippen LogP contribution >= 0.6 is 0 Å². The number of imidazole rings is 1. The molecule has 1 aliphatic rings. The lowest BCUT2D eigenvalue weighted by molar-refractivity contribution is 0.0773. The number of hydrogen-bond donors (Lipinski definition) is 1. The zero-order valence-corrected chi connectivity index (χ0v) is 20.4. The van der Waals surface area contributed by atoms with Gasteiger partial charge in [0.15, 0.2) is 0 Å². The molecular weight excluding hydrogens is 426 g/mol. The lowest BCUT2D eigenvalue weighted by Crippen LogP contribution is -2.43. The number of phenols is 1. The molecule has 1 N–H and O–H groups in total. The molecule has 0 bridgehead atoms. The van der Waals surface area contributed by atoms with Crippen molar-refractivity contribution >= 4 is 17.3 Å². The second-order valence-electron chi connectivity index (χ2n) is 8.88. The molecule has 0 radical (unpaired) electrons. The van der Waals surface area contributed by atoms with Crippen LogP contribution in [0.1, 0.15) is 42.9 Å². The predicted octanol–water partition coefficient (Wildman–Crippen LogP) is 4.41.